The number of fused-ring (bicyclic) bond motifs is 1. The number of carbonyl (C=O) groups excluding carboxylic acids is 1. The molecule has 5 nitrogen and oxygen atoms in total. The molecule has 2 aromatic rings. The lowest BCUT2D eigenvalue weighted by molar-refractivity contribution is 0.0671. The maximum Gasteiger partial charge on any atom is 0.272 e. The Morgan fingerprint density at radius 1 is 1.22 bits per heavy atom. The molecule has 2 heterocycles. The van der Waals surface area contributed by atoms with Crippen molar-refractivity contribution in [1.29, 1.82) is 0 Å². The van der Waals surface area contributed by atoms with Gasteiger partial charge in [-0.15, -0.1) is 0 Å². The highest BCUT2D eigenvalue weighted by atomic mass is 16.5. The number of hydrogen-bond acceptors (Lipinski definition) is 4. The van der Waals surface area contributed by atoms with Crippen molar-refractivity contribution in [2.75, 3.05) is 20.8 Å². The molecule has 1 aromatic heterocycles. The zero-order valence-corrected chi connectivity index (χ0v) is 13.6. The number of aromatic nitrogens is 1. The standard InChI is InChI=1S/C18H20N2O3/c1-12-14-11-17(23-3)16(22-2)10-13(14)7-9-20(12)18(21)15-6-4-5-8-19-15/h4-6,8,10-12H,7,9H2,1-3H3. The molecule has 1 aliphatic heterocycles. The van der Waals surface area contributed by atoms with Crippen LogP contribution < -0.4 is 9.47 Å². The summed E-state index contributed by atoms with van der Waals surface area (Å²) in [6.45, 7) is 2.70. The fraction of sp³-hybridized carbons (Fsp3) is 0.333. The van der Waals surface area contributed by atoms with Crippen LogP contribution in [0, 0.1) is 0 Å². The van der Waals surface area contributed by atoms with E-state index in [1.54, 1.807) is 26.5 Å². The van der Waals surface area contributed by atoms with Crippen LogP contribution in [0.2, 0.25) is 0 Å². The lowest BCUT2D eigenvalue weighted by atomic mass is 9.92. The van der Waals surface area contributed by atoms with E-state index in [0.717, 1.165) is 17.7 Å². The molecule has 5 heteroatoms. The van der Waals surface area contributed by atoms with Crippen molar-refractivity contribution in [1.82, 2.24) is 9.88 Å². The third-order valence-electron chi connectivity index (χ3n) is 4.33. The van der Waals surface area contributed by atoms with Crippen LogP contribution in [0.4, 0.5) is 0 Å². The minimum absolute atomic E-state index is 0.0342. The van der Waals surface area contributed by atoms with Crippen molar-refractivity contribution in [2.24, 2.45) is 0 Å². The van der Waals surface area contributed by atoms with E-state index in [1.165, 1.54) is 5.56 Å². The number of pyridine rings is 1. The first-order valence-corrected chi connectivity index (χ1v) is 7.62. The molecule has 0 saturated carbocycles. The van der Waals surface area contributed by atoms with E-state index < -0.39 is 0 Å². The van der Waals surface area contributed by atoms with Crippen molar-refractivity contribution in [3.05, 3.63) is 53.3 Å². The number of carbonyl (C=O) groups is 1. The summed E-state index contributed by atoms with van der Waals surface area (Å²) < 4.78 is 10.8. The molecule has 0 aliphatic carbocycles. The van der Waals surface area contributed by atoms with E-state index in [2.05, 4.69) is 4.98 Å². The largest absolute Gasteiger partial charge is 0.493 e. The summed E-state index contributed by atoms with van der Waals surface area (Å²) >= 11 is 0. The Kier molecular flexibility index (Phi) is 4.19. The van der Waals surface area contributed by atoms with E-state index in [1.807, 2.05) is 36.1 Å². The lowest BCUT2D eigenvalue weighted by Gasteiger charge is -2.35. The maximum atomic E-state index is 12.7. The lowest BCUT2D eigenvalue weighted by Crippen LogP contribution is -2.39. The van der Waals surface area contributed by atoms with Gasteiger partial charge in [0.05, 0.1) is 20.3 Å². The summed E-state index contributed by atoms with van der Waals surface area (Å²) in [5.74, 6) is 1.37. The SMILES string of the molecule is COc1cc2c(cc1OC)C(C)N(C(=O)c1ccccn1)CC2. The highest BCUT2D eigenvalue weighted by molar-refractivity contribution is 5.92. The van der Waals surface area contributed by atoms with Crippen LogP contribution in [0.25, 0.3) is 0 Å². The third kappa shape index (κ3) is 2.74. The van der Waals surface area contributed by atoms with Gasteiger partial charge < -0.3 is 14.4 Å². The molecule has 23 heavy (non-hydrogen) atoms. The van der Waals surface area contributed by atoms with Gasteiger partial charge in [-0.3, -0.25) is 9.78 Å². The molecule has 0 radical (unpaired) electrons. The smallest absolute Gasteiger partial charge is 0.272 e. The summed E-state index contributed by atoms with van der Waals surface area (Å²) in [5, 5.41) is 0. The van der Waals surface area contributed by atoms with Crippen LogP contribution in [-0.2, 0) is 6.42 Å². The number of benzene rings is 1. The van der Waals surface area contributed by atoms with Crippen LogP contribution in [-0.4, -0.2) is 36.6 Å². The summed E-state index contributed by atoms with van der Waals surface area (Å²) in [4.78, 5) is 18.7. The fourth-order valence-electron chi connectivity index (χ4n) is 3.06. The second-order valence-corrected chi connectivity index (χ2v) is 5.55. The molecule has 1 amide bonds. The van der Waals surface area contributed by atoms with E-state index in [0.29, 0.717) is 18.0 Å². The van der Waals surface area contributed by atoms with E-state index >= 15 is 0 Å². The van der Waals surface area contributed by atoms with E-state index in [-0.39, 0.29) is 11.9 Å². The van der Waals surface area contributed by atoms with Gasteiger partial charge in [0.1, 0.15) is 5.69 Å². The Hall–Kier alpha value is -2.56. The molecular weight excluding hydrogens is 292 g/mol. The van der Waals surface area contributed by atoms with Crippen LogP contribution in [0.5, 0.6) is 11.5 Å². The normalized spacial score (nSPS) is 16.7. The van der Waals surface area contributed by atoms with Crippen molar-refractivity contribution < 1.29 is 14.3 Å². The molecule has 3 rings (SSSR count). The van der Waals surface area contributed by atoms with Gasteiger partial charge in [-0.05, 0) is 48.7 Å². The molecule has 1 aliphatic rings. The Balaban J connectivity index is 1.94. The van der Waals surface area contributed by atoms with Gasteiger partial charge in [-0.2, -0.15) is 0 Å². The topological polar surface area (TPSA) is 51.7 Å². The number of methoxy groups -OCH3 is 2. The van der Waals surface area contributed by atoms with Crippen LogP contribution in [0.3, 0.4) is 0 Å². The summed E-state index contributed by atoms with van der Waals surface area (Å²) in [5.41, 5.74) is 2.77. The van der Waals surface area contributed by atoms with Gasteiger partial charge in [0, 0.05) is 12.7 Å². The van der Waals surface area contributed by atoms with Crippen LogP contribution in [0.1, 0.15) is 34.6 Å². The Bertz CT molecular complexity index is 716. The first-order chi connectivity index (χ1) is 11.2. The summed E-state index contributed by atoms with van der Waals surface area (Å²) in [6.07, 6.45) is 2.43. The maximum absolute atomic E-state index is 12.7. The second kappa shape index (κ2) is 6.28. The molecule has 0 saturated heterocycles. The molecule has 120 valence electrons. The Morgan fingerprint density at radius 2 is 1.96 bits per heavy atom. The van der Waals surface area contributed by atoms with Gasteiger partial charge in [0.2, 0.25) is 0 Å². The van der Waals surface area contributed by atoms with Crippen LogP contribution >= 0.6 is 0 Å². The van der Waals surface area contributed by atoms with Gasteiger partial charge >= 0.3 is 0 Å². The van der Waals surface area contributed by atoms with E-state index in [4.69, 9.17) is 9.47 Å². The van der Waals surface area contributed by atoms with E-state index in [9.17, 15) is 4.79 Å². The molecule has 0 N–H and O–H groups in total. The zero-order valence-electron chi connectivity index (χ0n) is 13.6. The average molecular weight is 312 g/mol. The van der Waals surface area contributed by atoms with Gasteiger partial charge in [0.15, 0.2) is 11.5 Å². The first kappa shape index (κ1) is 15.3. The third-order valence-corrected chi connectivity index (χ3v) is 4.33. The van der Waals surface area contributed by atoms with Crippen molar-refractivity contribution in [3.8, 4) is 11.5 Å². The molecule has 1 aromatic carbocycles. The minimum atomic E-state index is -0.0430. The average Bonchev–Trinajstić information content (AvgIpc) is 2.61. The highest BCUT2D eigenvalue weighted by Gasteiger charge is 2.30. The van der Waals surface area contributed by atoms with Gasteiger partial charge in [-0.25, -0.2) is 0 Å². The quantitative estimate of drug-likeness (QED) is 0.874. The molecule has 1 unspecified atom stereocenters. The second-order valence-electron chi connectivity index (χ2n) is 5.55. The molecule has 0 bridgehead atoms. The minimum Gasteiger partial charge on any atom is -0.493 e. The van der Waals surface area contributed by atoms with Crippen LogP contribution in [0.15, 0.2) is 36.5 Å². The molecule has 0 spiro atoms. The Labute approximate surface area is 135 Å². The van der Waals surface area contributed by atoms with Crippen molar-refractivity contribution in [3.63, 3.8) is 0 Å². The monoisotopic (exact) mass is 312 g/mol. The number of rotatable bonds is 3. The summed E-state index contributed by atoms with van der Waals surface area (Å²) in [7, 11) is 3.25. The predicted octanol–water partition coefficient (Wildman–Crippen LogP) is 2.86. The highest BCUT2D eigenvalue weighted by Crippen LogP contribution is 2.38. The molecular formula is C18H20N2O3. The number of amides is 1. The number of hydrogen-bond donors (Lipinski definition) is 0. The Morgan fingerprint density at radius 3 is 2.61 bits per heavy atom. The van der Waals surface area contributed by atoms with Crippen molar-refractivity contribution >= 4 is 5.91 Å². The predicted molar refractivity (Wildman–Crippen MR) is 86.9 cm³/mol. The van der Waals surface area contributed by atoms with Gasteiger partial charge in [-0.1, -0.05) is 6.07 Å². The fourth-order valence-corrected chi connectivity index (χ4v) is 3.06. The van der Waals surface area contributed by atoms with Gasteiger partial charge in [0.25, 0.3) is 5.91 Å². The first-order valence-electron chi connectivity index (χ1n) is 7.62. The zero-order chi connectivity index (χ0) is 16.4. The van der Waals surface area contributed by atoms with Crippen molar-refractivity contribution in [2.45, 2.75) is 19.4 Å². The number of nitrogens with zero attached hydrogens (tertiary/aromatic N) is 2. The number of ether oxygens (including phenoxy) is 2. The molecule has 1 atom stereocenters. The summed E-state index contributed by atoms with van der Waals surface area (Å²) in [6, 6.07) is 9.33. The molecule has 0 fully saturated rings.